The second-order valence-electron chi connectivity index (χ2n) is 6.84. The van der Waals surface area contributed by atoms with E-state index in [1.165, 1.54) is 5.56 Å². The average Bonchev–Trinajstić information content (AvgIpc) is 3.31. The van der Waals surface area contributed by atoms with Crippen LogP contribution in [0.15, 0.2) is 48.0 Å². The fourth-order valence-electron chi connectivity index (χ4n) is 2.92. The van der Waals surface area contributed by atoms with Crippen molar-refractivity contribution in [1.82, 2.24) is 14.9 Å². The van der Waals surface area contributed by atoms with E-state index in [-0.39, 0.29) is 5.54 Å². The molecule has 1 aliphatic heterocycles. The zero-order valence-electron chi connectivity index (χ0n) is 15.1. The van der Waals surface area contributed by atoms with Crippen molar-refractivity contribution >= 4 is 11.3 Å². The highest BCUT2D eigenvalue weighted by atomic mass is 32.1. The Kier molecular flexibility index (Phi) is 4.38. The van der Waals surface area contributed by atoms with Gasteiger partial charge in [0.1, 0.15) is 5.01 Å². The van der Waals surface area contributed by atoms with E-state index in [0.29, 0.717) is 6.79 Å². The van der Waals surface area contributed by atoms with Crippen molar-refractivity contribution in [3.05, 3.63) is 59.2 Å². The molecule has 2 aromatic heterocycles. The first kappa shape index (κ1) is 17.0. The van der Waals surface area contributed by atoms with Crippen LogP contribution >= 0.6 is 11.3 Å². The van der Waals surface area contributed by atoms with Gasteiger partial charge >= 0.3 is 0 Å². The van der Waals surface area contributed by atoms with Crippen LogP contribution in [0.4, 0.5) is 0 Å². The molecule has 5 nitrogen and oxygen atoms in total. The molecule has 0 radical (unpaired) electrons. The van der Waals surface area contributed by atoms with E-state index in [4.69, 9.17) is 14.5 Å². The molecule has 3 aromatic rings. The van der Waals surface area contributed by atoms with Crippen molar-refractivity contribution in [3.8, 4) is 22.2 Å². The molecule has 3 heterocycles. The highest BCUT2D eigenvalue weighted by molar-refractivity contribution is 7.13. The Hall–Kier alpha value is -2.44. The summed E-state index contributed by atoms with van der Waals surface area (Å²) in [5.74, 6) is 1.63. The second-order valence-corrected chi connectivity index (χ2v) is 7.70. The molecule has 4 rings (SSSR count). The molecular weight excluding hydrogens is 346 g/mol. The first-order chi connectivity index (χ1) is 12.5. The third-order valence-corrected chi connectivity index (χ3v) is 5.78. The third-order valence-electron chi connectivity index (χ3n) is 4.87. The van der Waals surface area contributed by atoms with Crippen LogP contribution in [0, 0.1) is 0 Å². The second kappa shape index (κ2) is 6.70. The Morgan fingerprint density at radius 2 is 2.00 bits per heavy atom. The molecule has 6 heteroatoms. The molecule has 0 N–H and O–H groups in total. The van der Waals surface area contributed by atoms with Crippen molar-refractivity contribution < 1.29 is 9.47 Å². The fraction of sp³-hybridized carbons (Fsp3) is 0.300. The van der Waals surface area contributed by atoms with E-state index in [1.807, 2.05) is 24.3 Å². The monoisotopic (exact) mass is 367 g/mol. The molecule has 0 aliphatic carbocycles. The van der Waals surface area contributed by atoms with E-state index >= 15 is 0 Å². The summed E-state index contributed by atoms with van der Waals surface area (Å²) in [5, 5.41) is 3.06. The molecule has 0 amide bonds. The van der Waals surface area contributed by atoms with Crippen LogP contribution in [-0.2, 0) is 12.1 Å². The lowest BCUT2D eigenvalue weighted by molar-refractivity contribution is 0.146. The fourth-order valence-corrected chi connectivity index (χ4v) is 3.71. The first-order valence-electron chi connectivity index (χ1n) is 8.51. The quantitative estimate of drug-likeness (QED) is 0.673. The minimum absolute atomic E-state index is 0.171. The number of aromatic nitrogens is 2. The molecule has 26 heavy (non-hydrogen) atoms. The van der Waals surface area contributed by atoms with Gasteiger partial charge in [0.25, 0.3) is 0 Å². The van der Waals surface area contributed by atoms with Crippen LogP contribution in [0.2, 0.25) is 0 Å². The van der Waals surface area contributed by atoms with Gasteiger partial charge in [-0.1, -0.05) is 12.1 Å². The molecule has 0 bridgehead atoms. The summed E-state index contributed by atoms with van der Waals surface area (Å²) in [6.07, 6.45) is 1.80. The molecule has 0 saturated carbocycles. The predicted molar refractivity (Wildman–Crippen MR) is 102 cm³/mol. The standard InChI is InChI=1S/C20H21N3O2S/c1-20(2,14-7-8-17-18(10-14)25-13-24-17)23(3)11-15-12-26-19(22-15)16-6-4-5-9-21-16/h4-10,12H,11,13H2,1-3H3. The Morgan fingerprint density at radius 1 is 1.15 bits per heavy atom. The maximum atomic E-state index is 5.53. The summed E-state index contributed by atoms with van der Waals surface area (Å²) in [4.78, 5) is 11.4. The van der Waals surface area contributed by atoms with E-state index in [0.717, 1.165) is 34.4 Å². The number of rotatable bonds is 5. The van der Waals surface area contributed by atoms with Gasteiger partial charge in [-0.2, -0.15) is 0 Å². The van der Waals surface area contributed by atoms with Gasteiger partial charge in [0.2, 0.25) is 6.79 Å². The van der Waals surface area contributed by atoms with Crippen molar-refractivity contribution in [2.45, 2.75) is 25.9 Å². The van der Waals surface area contributed by atoms with Gasteiger partial charge < -0.3 is 9.47 Å². The SMILES string of the molecule is CN(Cc1csc(-c2ccccn2)n1)C(C)(C)c1ccc2c(c1)OCO2. The van der Waals surface area contributed by atoms with Crippen molar-refractivity contribution in [1.29, 1.82) is 0 Å². The lowest BCUT2D eigenvalue weighted by Crippen LogP contribution is -2.38. The molecule has 134 valence electrons. The Bertz CT molecular complexity index is 908. The summed E-state index contributed by atoms with van der Waals surface area (Å²) in [7, 11) is 2.12. The number of fused-ring (bicyclic) bond motifs is 1. The molecule has 0 fully saturated rings. The highest BCUT2D eigenvalue weighted by Gasteiger charge is 2.28. The van der Waals surface area contributed by atoms with Gasteiger partial charge in [-0.15, -0.1) is 11.3 Å². The Labute approximate surface area is 157 Å². The largest absolute Gasteiger partial charge is 0.454 e. The number of hydrogen-bond donors (Lipinski definition) is 0. The van der Waals surface area contributed by atoms with Gasteiger partial charge in [0, 0.05) is 23.7 Å². The maximum Gasteiger partial charge on any atom is 0.231 e. The van der Waals surface area contributed by atoms with Crippen molar-refractivity contribution in [3.63, 3.8) is 0 Å². The molecule has 1 aromatic carbocycles. The van der Waals surface area contributed by atoms with E-state index < -0.39 is 0 Å². The number of pyridine rings is 1. The summed E-state index contributed by atoms with van der Waals surface area (Å²) in [6.45, 7) is 5.46. The number of hydrogen-bond acceptors (Lipinski definition) is 6. The van der Waals surface area contributed by atoms with Gasteiger partial charge in [-0.3, -0.25) is 9.88 Å². The first-order valence-corrected chi connectivity index (χ1v) is 9.39. The Morgan fingerprint density at radius 3 is 2.81 bits per heavy atom. The summed E-state index contributed by atoms with van der Waals surface area (Å²) >= 11 is 1.63. The maximum absolute atomic E-state index is 5.53. The zero-order valence-corrected chi connectivity index (χ0v) is 15.9. The zero-order chi connectivity index (χ0) is 18.1. The number of thiazole rings is 1. The van der Waals surface area contributed by atoms with E-state index in [9.17, 15) is 0 Å². The smallest absolute Gasteiger partial charge is 0.231 e. The van der Waals surface area contributed by atoms with Crippen LogP contribution in [-0.4, -0.2) is 28.7 Å². The molecule has 1 aliphatic rings. The van der Waals surface area contributed by atoms with Crippen LogP contribution in [0.1, 0.15) is 25.1 Å². The van der Waals surface area contributed by atoms with Crippen LogP contribution in [0.25, 0.3) is 10.7 Å². The third kappa shape index (κ3) is 3.18. The number of ether oxygens (including phenoxy) is 2. The van der Waals surface area contributed by atoms with E-state index in [2.05, 4.69) is 48.3 Å². The van der Waals surface area contributed by atoms with Gasteiger partial charge in [-0.25, -0.2) is 4.98 Å². The minimum Gasteiger partial charge on any atom is -0.454 e. The Balaban J connectivity index is 1.52. The number of benzene rings is 1. The van der Waals surface area contributed by atoms with Crippen LogP contribution < -0.4 is 9.47 Å². The summed E-state index contributed by atoms with van der Waals surface area (Å²) in [5.41, 5.74) is 2.98. The predicted octanol–water partition coefficient (Wildman–Crippen LogP) is 4.30. The lowest BCUT2D eigenvalue weighted by Gasteiger charge is -2.36. The van der Waals surface area contributed by atoms with Crippen molar-refractivity contribution in [2.75, 3.05) is 13.8 Å². The van der Waals surface area contributed by atoms with Crippen molar-refractivity contribution in [2.24, 2.45) is 0 Å². The molecule has 0 spiro atoms. The molecule has 0 saturated heterocycles. The summed E-state index contributed by atoms with van der Waals surface area (Å²) in [6, 6.07) is 12.0. The van der Waals surface area contributed by atoms with Crippen LogP contribution in [0.5, 0.6) is 11.5 Å². The van der Waals surface area contributed by atoms with E-state index in [1.54, 1.807) is 17.5 Å². The normalized spacial score (nSPS) is 13.4. The van der Waals surface area contributed by atoms with Gasteiger partial charge in [0.05, 0.1) is 11.4 Å². The van der Waals surface area contributed by atoms with Gasteiger partial charge in [-0.05, 0) is 50.7 Å². The molecule has 0 atom stereocenters. The minimum atomic E-state index is -0.171. The average molecular weight is 367 g/mol. The lowest BCUT2D eigenvalue weighted by atomic mass is 9.92. The topological polar surface area (TPSA) is 47.5 Å². The van der Waals surface area contributed by atoms with Crippen LogP contribution in [0.3, 0.4) is 0 Å². The molecular formula is C20H21N3O2S. The van der Waals surface area contributed by atoms with Gasteiger partial charge in [0.15, 0.2) is 11.5 Å². The summed E-state index contributed by atoms with van der Waals surface area (Å²) < 4.78 is 10.9. The number of nitrogens with zero attached hydrogens (tertiary/aromatic N) is 3. The highest BCUT2D eigenvalue weighted by Crippen LogP contribution is 2.37. The molecule has 0 unspecified atom stereocenters.